The second-order valence-electron chi connectivity index (χ2n) is 3.91. The van der Waals surface area contributed by atoms with Crippen LogP contribution in [0.4, 0.5) is 0 Å². The van der Waals surface area contributed by atoms with Crippen LogP contribution in [0.25, 0.3) is 0 Å². The average molecular weight is 228 g/mol. The molecule has 1 aromatic rings. The number of hydrogen-bond acceptors (Lipinski definition) is 2. The van der Waals surface area contributed by atoms with Crippen LogP contribution in [0.2, 0.25) is 5.02 Å². The van der Waals surface area contributed by atoms with Crippen LogP contribution in [0.5, 0.6) is 0 Å². The molecule has 0 heterocycles. The minimum Gasteiger partial charge on any atom is -0.393 e. The lowest BCUT2D eigenvalue weighted by molar-refractivity contribution is 0.183. The van der Waals surface area contributed by atoms with Crippen LogP contribution in [0.1, 0.15) is 24.5 Å². The van der Waals surface area contributed by atoms with E-state index in [-0.39, 0.29) is 6.10 Å². The summed E-state index contributed by atoms with van der Waals surface area (Å²) in [4.78, 5) is 0. The molecule has 1 aromatic carbocycles. The first kappa shape index (κ1) is 12.5. The molecule has 1 atom stereocenters. The normalized spacial score (nSPS) is 12.8. The lowest BCUT2D eigenvalue weighted by atomic mass is 10.1. The van der Waals surface area contributed by atoms with Crippen LogP contribution >= 0.6 is 11.6 Å². The molecule has 0 amide bonds. The second-order valence-corrected chi connectivity index (χ2v) is 4.32. The molecule has 0 aliphatic carbocycles. The van der Waals surface area contributed by atoms with Crippen molar-refractivity contribution >= 4 is 11.6 Å². The maximum atomic E-state index is 9.07. The Morgan fingerprint density at radius 1 is 1.47 bits per heavy atom. The summed E-state index contributed by atoms with van der Waals surface area (Å²) in [6, 6.07) is 6.05. The van der Waals surface area contributed by atoms with E-state index < -0.39 is 0 Å². The van der Waals surface area contributed by atoms with Gasteiger partial charge < -0.3 is 10.4 Å². The minimum absolute atomic E-state index is 0.244. The van der Waals surface area contributed by atoms with E-state index in [1.807, 2.05) is 19.1 Å². The van der Waals surface area contributed by atoms with Gasteiger partial charge in [0.1, 0.15) is 0 Å². The number of aliphatic hydroxyl groups excluding tert-OH is 1. The molecule has 1 rings (SSSR count). The molecular formula is C12H18ClNO. The lowest BCUT2D eigenvalue weighted by Gasteiger charge is -2.08. The number of rotatable bonds is 5. The third-order valence-corrected chi connectivity index (χ3v) is 2.61. The van der Waals surface area contributed by atoms with E-state index in [1.54, 1.807) is 6.92 Å². The summed E-state index contributed by atoms with van der Waals surface area (Å²) in [6.07, 6.45) is 0.523. The van der Waals surface area contributed by atoms with Crippen LogP contribution in [-0.2, 0) is 6.54 Å². The Bertz CT molecular complexity index is 312. The predicted octanol–water partition coefficient (Wildman–Crippen LogP) is 2.51. The van der Waals surface area contributed by atoms with Crippen molar-refractivity contribution in [2.24, 2.45) is 0 Å². The van der Waals surface area contributed by atoms with E-state index in [0.29, 0.717) is 0 Å². The van der Waals surface area contributed by atoms with Gasteiger partial charge in [-0.3, -0.25) is 0 Å². The van der Waals surface area contributed by atoms with Crippen LogP contribution in [0, 0.1) is 6.92 Å². The van der Waals surface area contributed by atoms with Gasteiger partial charge >= 0.3 is 0 Å². The SMILES string of the molecule is Cc1ccc(CNCCC(C)O)c(Cl)c1. The summed E-state index contributed by atoms with van der Waals surface area (Å²) in [7, 11) is 0. The van der Waals surface area contributed by atoms with Crippen molar-refractivity contribution in [1.82, 2.24) is 5.32 Å². The highest BCUT2D eigenvalue weighted by atomic mass is 35.5. The Morgan fingerprint density at radius 3 is 2.80 bits per heavy atom. The van der Waals surface area contributed by atoms with Gasteiger partial charge in [0.05, 0.1) is 6.10 Å². The Balaban J connectivity index is 2.37. The van der Waals surface area contributed by atoms with Crippen LogP contribution in [-0.4, -0.2) is 17.8 Å². The number of hydrogen-bond donors (Lipinski definition) is 2. The average Bonchev–Trinajstić information content (AvgIpc) is 2.14. The summed E-state index contributed by atoms with van der Waals surface area (Å²) in [5.41, 5.74) is 2.28. The van der Waals surface area contributed by atoms with E-state index in [2.05, 4.69) is 11.4 Å². The summed E-state index contributed by atoms with van der Waals surface area (Å²) < 4.78 is 0. The molecule has 1 unspecified atom stereocenters. The van der Waals surface area contributed by atoms with Crippen molar-refractivity contribution in [2.75, 3.05) is 6.54 Å². The van der Waals surface area contributed by atoms with Crippen LogP contribution < -0.4 is 5.32 Å². The smallest absolute Gasteiger partial charge is 0.0524 e. The zero-order valence-electron chi connectivity index (χ0n) is 9.26. The zero-order chi connectivity index (χ0) is 11.3. The topological polar surface area (TPSA) is 32.3 Å². The van der Waals surface area contributed by atoms with Crippen molar-refractivity contribution in [2.45, 2.75) is 32.9 Å². The second kappa shape index (κ2) is 6.11. The quantitative estimate of drug-likeness (QED) is 0.758. The molecule has 0 saturated heterocycles. The minimum atomic E-state index is -0.244. The molecule has 0 aromatic heterocycles. The molecule has 0 saturated carbocycles. The number of aliphatic hydroxyl groups is 1. The fraction of sp³-hybridized carbons (Fsp3) is 0.500. The lowest BCUT2D eigenvalue weighted by Crippen LogP contribution is -2.18. The molecule has 84 valence electrons. The molecular weight excluding hydrogens is 210 g/mol. The predicted molar refractivity (Wildman–Crippen MR) is 64.2 cm³/mol. The number of benzene rings is 1. The third kappa shape index (κ3) is 4.65. The molecule has 3 heteroatoms. The molecule has 0 radical (unpaired) electrons. The molecule has 0 aliphatic rings. The summed E-state index contributed by atoms with van der Waals surface area (Å²) in [6.45, 7) is 5.38. The van der Waals surface area contributed by atoms with Crippen molar-refractivity contribution in [3.63, 3.8) is 0 Å². The van der Waals surface area contributed by atoms with Crippen LogP contribution in [0.3, 0.4) is 0 Å². The molecule has 0 bridgehead atoms. The highest BCUT2D eigenvalue weighted by Gasteiger charge is 2.00. The van der Waals surface area contributed by atoms with Gasteiger partial charge in [-0.15, -0.1) is 0 Å². The van der Waals surface area contributed by atoms with E-state index >= 15 is 0 Å². The molecule has 0 aliphatic heterocycles. The fourth-order valence-electron chi connectivity index (χ4n) is 1.33. The van der Waals surface area contributed by atoms with Gasteiger partial charge in [0.2, 0.25) is 0 Å². The van der Waals surface area contributed by atoms with Crippen molar-refractivity contribution in [3.8, 4) is 0 Å². The Morgan fingerprint density at radius 2 is 2.20 bits per heavy atom. The number of aryl methyl sites for hydroxylation is 1. The van der Waals surface area contributed by atoms with Gasteiger partial charge in [0.15, 0.2) is 0 Å². The van der Waals surface area contributed by atoms with E-state index in [0.717, 1.165) is 30.1 Å². The molecule has 0 fully saturated rings. The number of halogens is 1. The number of nitrogens with one attached hydrogen (secondary N) is 1. The Kier molecular flexibility index (Phi) is 5.09. The first-order valence-corrected chi connectivity index (χ1v) is 5.61. The van der Waals surface area contributed by atoms with Gasteiger partial charge in [0.25, 0.3) is 0 Å². The van der Waals surface area contributed by atoms with Gasteiger partial charge in [-0.05, 0) is 44.0 Å². The van der Waals surface area contributed by atoms with Crippen molar-refractivity contribution in [3.05, 3.63) is 34.3 Å². The van der Waals surface area contributed by atoms with E-state index in [9.17, 15) is 0 Å². The van der Waals surface area contributed by atoms with Crippen molar-refractivity contribution < 1.29 is 5.11 Å². The van der Waals surface area contributed by atoms with E-state index in [4.69, 9.17) is 16.7 Å². The van der Waals surface area contributed by atoms with Crippen molar-refractivity contribution in [1.29, 1.82) is 0 Å². The molecule has 2 nitrogen and oxygen atoms in total. The highest BCUT2D eigenvalue weighted by molar-refractivity contribution is 6.31. The zero-order valence-corrected chi connectivity index (χ0v) is 10.0. The van der Waals surface area contributed by atoms with Gasteiger partial charge in [0, 0.05) is 11.6 Å². The highest BCUT2D eigenvalue weighted by Crippen LogP contribution is 2.17. The Labute approximate surface area is 96.3 Å². The van der Waals surface area contributed by atoms with E-state index in [1.165, 1.54) is 5.56 Å². The first-order chi connectivity index (χ1) is 7.09. The molecule has 15 heavy (non-hydrogen) atoms. The summed E-state index contributed by atoms with van der Waals surface area (Å²) in [5, 5.41) is 13.1. The third-order valence-electron chi connectivity index (χ3n) is 2.26. The van der Waals surface area contributed by atoms with Gasteiger partial charge in [-0.1, -0.05) is 23.7 Å². The summed E-state index contributed by atoms with van der Waals surface area (Å²) >= 11 is 6.08. The maximum absolute atomic E-state index is 9.07. The Hall–Kier alpha value is -0.570. The largest absolute Gasteiger partial charge is 0.393 e. The van der Waals surface area contributed by atoms with Gasteiger partial charge in [-0.2, -0.15) is 0 Å². The van der Waals surface area contributed by atoms with Gasteiger partial charge in [-0.25, -0.2) is 0 Å². The molecule has 0 spiro atoms. The molecule has 2 N–H and O–H groups in total. The summed E-state index contributed by atoms with van der Waals surface area (Å²) in [5.74, 6) is 0. The van der Waals surface area contributed by atoms with Crippen LogP contribution in [0.15, 0.2) is 18.2 Å². The fourth-order valence-corrected chi connectivity index (χ4v) is 1.63. The maximum Gasteiger partial charge on any atom is 0.0524 e. The standard InChI is InChI=1S/C12H18ClNO/c1-9-3-4-11(12(13)7-9)8-14-6-5-10(2)15/h3-4,7,10,14-15H,5-6,8H2,1-2H3. The monoisotopic (exact) mass is 227 g/mol. The first-order valence-electron chi connectivity index (χ1n) is 5.23.